The fourth-order valence-corrected chi connectivity index (χ4v) is 3.57. The zero-order valence-electron chi connectivity index (χ0n) is 20.0. The van der Waals surface area contributed by atoms with Gasteiger partial charge in [0.05, 0.1) is 20.3 Å². The van der Waals surface area contributed by atoms with Crippen LogP contribution in [0.5, 0.6) is 0 Å². The Morgan fingerprint density at radius 2 is 1.76 bits per heavy atom. The number of carbonyl (C=O) groups excluding carboxylic acids is 2. The third kappa shape index (κ3) is 7.58. The molecule has 0 bridgehead atoms. The Bertz CT molecular complexity index is 1040. The van der Waals surface area contributed by atoms with Crippen molar-refractivity contribution in [3.8, 4) is 11.8 Å². The normalized spacial score (nSPS) is 14.9. The molecule has 1 fully saturated rings. The van der Waals surface area contributed by atoms with Crippen LogP contribution in [0.25, 0.3) is 6.08 Å². The first-order chi connectivity index (χ1) is 16.5. The summed E-state index contributed by atoms with van der Waals surface area (Å²) < 4.78 is 10.2. The molecule has 1 N–H and O–H groups in total. The number of nitrogens with one attached hydrogen (secondary N) is 1. The molecule has 6 nitrogen and oxygen atoms in total. The highest BCUT2D eigenvalue weighted by Crippen LogP contribution is 2.10. The lowest BCUT2D eigenvalue weighted by Crippen LogP contribution is -2.45. The summed E-state index contributed by atoms with van der Waals surface area (Å²) in [5.41, 5.74) is 3.65. The van der Waals surface area contributed by atoms with E-state index in [2.05, 4.69) is 34.2 Å². The highest BCUT2D eigenvalue weighted by molar-refractivity contribution is 5.97. The number of hydrogen-bond donors (Lipinski definition) is 1. The molecule has 0 unspecified atom stereocenters. The first kappa shape index (κ1) is 25.2. The van der Waals surface area contributed by atoms with Crippen LogP contribution in [0.3, 0.4) is 0 Å². The second-order valence-electron chi connectivity index (χ2n) is 8.53. The molecule has 3 rings (SSSR count). The molecule has 2 aromatic rings. The average molecular weight is 461 g/mol. The van der Waals surface area contributed by atoms with Crippen LogP contribution in [0.4, 0.5) is 0 Å². The third-order valence-corrected chi connectivity index (χ3v) is 5.62. The number of benzene rings is 2. The zero-order valence-corrected chi connectivity index (χ0v) is 20.0. The van der Waals surface area contributed by atoms with Crippen LogP contribution in [0.1, 0.15) is 40.9 Å². The van der Waals surface area contributed by atoms with Gasteiger partial charge in [-0.3, -0.25) is 9.69 Å². The van der Waals surface area contributed by atoms with Gasteiger partial charge < -0.3 is 14.8 Å². The number of ether oxygens (including phenoxy) is 2. The van der Waals surface area contributed by atoms with Crippen molar-refractivity contribution in [3.05, 3.63) is 76.9 Å². The fraction of sp³-hybridized carbons (Fsp3) is 0.357. The predicted molar refractivity (Wildman–Crippen MR) is 133 cm³/mol. The van der Waals surface area contributed by atoms with Gasteiger partial charge in [-0.25, -0.2) is 4.79 Å². The minimum absolute atomic E-state index is 0.0712. The minimum atomic E-state index is -0.680. The molecule has 1 saturated heterocycles. The van der Waals surface area contributed by atoms with Gasteiger partial charge in [-0.15, -0.1) is 0 Å². The lowest BCUT2D eigenvalue weighted by Gasteiger charge is -2.26. The number of rotatable bonds is 7. The fourth-order valence-electron chi connectivity index (χ4n) is 3.57. The molecular formula is C28H32N2O4. The molecular weight excluding hydrogens is 428 g/mol. The standard InChI is InChI=1S/C28H32N2O4/c1-21(2)26(28(32)33-3)29-27(31)25-14-12-23(13-15-25)7-5-4-6-22-8-10-24(11-9-22)20-30-16-18-34-19-17-30/h5,7-15,21,26H,16-20H2,1-3H3,(H,29,31)/b7-5+/t26-/m0/s1. The van der Waals surface area contributed by atoms with Gasteiger partial charge in [-0.1, -0.05) is 50.0 Å². The zero-order chi connectivity index (χ0) is 24.3. The minimum Gasteiger partial charge on any atom is -0.467 e. The van der Waals surface area contributed by atoms with Crippen LogP contribution in [-0.2, 0) is 20.8 Å². The number of hydrogen-bond acceptors (Lipinski definition) is 5. The summed E-state index contributed by atoms with van der Waals surface area (Å²) in [6.07, 6.45) is 3.69. The Kier molecular flexibility index (Phi) is 9.45. The number of methoxy groups -OCH3 is 1. The van der Waals surface area contributed by atoms with Crippen molar-refractivity contribution in [1.29, 1.82) is 0 Å². The van der Waals surface area contributed by atoms with Crippen molar-refractivity contribution in [2.45, 2.75) is 26.4 Å². The summed E-state index contributed by atoms with van der Waals surface area (Å²) in [7, 11) is 1.32. The van der Waals surface area contributed by atoms with Gasteiger partial charge >= 0.3 is 5.97 Å². The van der Waals surface area contributed by atoms with E-state index in [1.807, 2.05) is 44.2 Å². The first-order valence-corrected chi connectivity index (χ1v) is 11.5. The van der Waals surface area contributed by atoms with Crippen LogP contribution in [-0.4, -0.2) is 56.2 Å². The highest BCUT2D eigenvalue weighted by Gasteiger charge is 2.25. The molecule has 0 spiro atoms. The van der Waals surface area contributed by atoms with Crippen molar-refractivity contribution in [3.63, 3.8) is 0 Å². The predicted octanol–water partition coefficient (Wildman–Crippen LogP) is 3.51. The Labute approximate surface area is 201 Å². The molecule has 1 atom stereocenters. The monoisotopic (exact) mass is 460 g/mol. The topological polar surface area (TPSA) is 67.9 Å². The molecule has 0 saturated carbocycles. The van der Waals surface area contributed by atoms with Crippen LogP contribution in [0, 0.1) is 17.8 Å². The highest BCUT2D eigenvalue weighted by atomic mass is 16.5. The van der Waals surface area contributed by atoms with E-state index in [-0.39, 0.29) is 11.8 Å². The van der Waals surface area contributed by atoms with Crippen molar-refractivity contribution < 1.29 is 19.1 Å². The second kappa shape index (κ2) is 12.7. The Balaban J connectivity index is 1.52. The number of morpholine rings is 1. The van der Waals surface area contributed by atoms with Crippen molar-refractivity contribution in [2.24, 2.45) is 5.92 Å². The molecule has 2 aromatic carbocycles. The van der Waals surface area contributed by atoms with Crippen LogP contribution < -0.4 is 5.32 Å². The van der Waals surface area contributed by atoms with Gasteiger partial charge in [-0.2, -0.15) is 0 Å². The third-order valence-electron chi connectivity index (χ3n) is 5.62. The van der Waals surface area contributed by atoms with Crippen molar-refractivity contribution in [2.75, 3.05) is 33.4 Å². The Hall–Kier alpha value is -3.40. The molecule has 34 heavy (non-hydrogen) atoms. The molecule has 1 aliphatic rings. The van der Waals surface area contributed by atoms with Gasteiger partial charge in [0.2, 0.25) is 0 Å². The van der Waals surface area contributed by atoms with E-state index in [0.29, 0.717) is 5.56 Å². The number of allylic oxidation sites excluding steroid dienone is 1. The van der Waals surface area contributed by atoms with Gasteiger partial charge in [-0.05, 0) is 53.5 Å². The van der Waals surface area contributed by atoms with Gasteiger partial charge in [0.25, 0.3) is 5.91 Å². The lowest BCUT2D eigenvalue weighted by molar-refractivity contribution is -0.144. The van der Waals surface area contributed by atoms with E-state index in [0.717, 1.165) is 44.0 Å². The Morgan fingerprint density at radius 3 is 2.38 bits per heavy atom. The van der Waals surface area contributed by atoms with E-state index in [1.54, 1.807) is 18.2 Å². The summed E-state index contributed by atoms with van der Waals surface area (Å²) in [6, 6.07) is 14.8. The van der Waals surface area contributed by atoms with Crippen LogP contribution >= 0.6 is 0 Å². The largest absolute Gasteiger partial charge is 0.467 e. The summed E-state index contributed by atoms with van der Waals surface area (Å²) in [5.74, 6) is 5.37. The van der Waals surface area contributed by atoms with E-state index < -0.39 is 12.0 Å². The number of amides is 1. The SMILES string of the molecule is COC(=O)[C@@H](NC(=O)c1ccc(/C=C/C#Cc2ccc(CN3CCOCC3)cc2)cc1)C(C)C. The van der Waals surface area contributed by atoms with Crippen LogP contribution in [0.15, 0.2) is 54.6 Å². The number of esters is 1. The quantitative estimate of drug-likeness (QED) is 0.506. The van der Waals surface area contributed by atoms with Crippen molar-refractivity contribution >= 4 is 18.0 Å². The van der Waals surface area contributed by atoms with E-state index >= 15 is 0 Å². The molecule has 6 heteroatoms. The molecule has 1 heterocycles. The molecule has 178 valence electrons. The molecule has 0 aromatic heterocycles. The summed E-state index contributed by atoms with van der Waals surface area (Å²) in [4.78, 5) is 26.7. The van der Waals surface area contributed by atoms with Gasteiger partial charge in [0, 0.05) is 30.8 Å². The maximum atomic E-state index is 12.5. The molecule has 1 amide bonds. The number of carbonyl (C=O) groups is 2. The summed E-state index contributed by atoms with van der Waals surface area (Å²) in [6.45, 7) is 8.21. The second-order valence-corrected chi connectivity index (χ2v) is 8.53. The smallest absolute Gasteiger partial charge is 0.328 e. The van der Waals surface area contributed by atoms with E-state index in [4.69, 9.17) is 9.47 Å². The molecule has 0 aliphatic carbocycles. The number of nitrogens with zero attached hydrogens (tertiary/aromatic N) is 1. The summed E-state index contributed by atoms with van der Waals surface area (Å²) in [5, 5.41) is 2.74. The van der Waals surface area contributed by atoms with E-state index in [1.165, 1.54) is 12.7 Å². The van der Waals surface area contributed by atoms with E-state index in [9.17, 15) is 9.59 Å². The first-order valence-electron chi connectivity index (χ1n) is 11.5. The molecule has 0 radical (unpaired) electrons. The maximum absolute atomic E-state index is 12.5. The Morgan fingerprint density at radius 1 is 1.09 bits per heavy atom. The summed E-state index contributed by atoms with van der Waals surface area (Å²) >= 11 is 0. The average Bonchev–Trinajstić information content (AvgIpc) is 2.86. The van der Waals surface area contributed by atoms with Gasteiger partial charge in [0.1, 0.15) is 6.04 Å². The maximum Gasteiger partial charge on any atom is 0.328 e. The van der Waals surface area contributed by atoms with Crippen LogP contribution in [0.2, 0.25) is 0 Å². The molecule has 1 aliphatic heterocycles. The van der Waals surface area contributed by atoms with Gasteiger partial charge in [0.15, 0.2) is 0 Å². The lowest BCUT2D eigenvalue weighted by atomic mass is 10.0. The van der Waals surface area contributed by atoms with Crippen molar-refractivity contribution in [1.82, 2.24) is 10.2 Å².